The van der Waals surface area contributed by atoms with E-state index >= 15 is 0 Å². The number of hydrogen-bond acceptors (Lipinski definition) is 5. The summed E-state index contributed by atoms with van der Waals surface area (Å²) in [4.78, 5) is 8.58. The van der Waals surface area contributed by atoms with Crippen molar-refractivity contribution in [3.8, 4) is 0 Å². The van der Waals surface area contributed by atoms with Gasteiger partial charge in [0.05, 0.1) is 17.9 Å². The fourth-order valence-corrected chi connectivity index (χ4v) is 2.72. The van der Waals surface area contributed by atoms with Crippen LogP contribution >= 0.6 is 0 Å². The molecule has 1 aliphatic rings. The molecule has 20 heavy (non-hydrogen) atoms. The van der Waals surface area contributed by atoms with Crippen LogP contribution in [-0.4, -0.2) is 26.3 Å². The summed E-state index contributed by atoms with van der Waals surface area (Å²) in [6.45, 7) is 1.94. The standard InChI is InChI=1S/C15H19N3O2/c1-2-12(19)10-13-17-14(18-20-13)15(6-3-7-15)11-4-8-16-9-5-11/h4-5,8-9,12,19H,2-3,6-7,10H2,1H3. The van der Waals surface area contributed by atoms with Gasteiger partial charge in [-0.25, -0.2) is 0 Å². The zero-order chi connectivity index (χ0) is 14.0. The second kappa shape index (κ2) is 5.32. The normalized spacial score (nSPS) is 18.5. The van der Waals surface area contributed by atoms with Crippen molar-refractivity contribution in [3.63, 3.8) is 0 Å². The van der Waals surface area contributed by atoms with Gasteiger partial charge in [0, 0.05) is 12.4 Å². The zero-order valence-corrected chi connectivity index (χ0v) is 11.6. The Hall–Kier alpha value is -1.75. The maximum Gasteiger partial charge on any atom is 0.229 e. The zero-order valence-electron chi connectivity index (χ0n) is 11.6. The topological polar surface area (TPSA) is 72.0 Å². The lowest BCUT2D eigenvalue weighted by Gasteiger charge is -2.39. The Labute approximate surface area is 118 Å². The van der Waals surface area contributed by atoms with Crippen molar-refractivity contribution >= 4 is 0 Å². The highest BCUT2D eigenvalue weighted by Crippen LogP contribution is 2.47. The Morgan fingerprint density at radius 2 is 2.10 bits per heavy atom. The van der Waals surface area contributed by atoms with E-state index in [0.29, 0.717) is 18.7 Å². The molecule has 2 aromatic rings. The molecule has 3 rings (SSSR count). The fourth-order valence-electron chi connectivity index (χ4n) is 2.72. The van der Waals surface area contributed by atoms with E-state index in [-0.39, 0.29) is 5.41 Å². The average molecular weight is 273 g/mol. The van der Waals surface area contributed by atoms with Gasteiger partial charge in [-0.3, -0.25) is 4.98 Å². The van der Waals surface area contributed by atoms with Gasteiger partial charge in [-0.2, -0.15) is 4.98 Å². The van der Waals surface area contributed by atoms with E-state index in [1.54, 1.807) is 12.4 Å². The summed E-state index contributed by atoms with van der Waals surface area (Å²) in [5, 5.41) is 13.8. The molecule has 1 N–H and O–H groups in total. The molecular weight excluding hydrogens is 254 g/mol. The Kier molecular flexibility index (Phi) is 3.53. The minimum absolute atomic E-state index is 0.123. The highest BCUT2D eigenvalue weighted by atomic mass is 16.5. The molecule has 1 aliphatic carbocycles. The molecule has 1 unspecified atom stereocenters. The van der Waals surface area contributed by atoms with E-state index < -0.39 is 6.10 Å². The summed E-state index contributed by atoms with van der Waals surface area (Å²) in [5.41, 5.74) is 1.07. The number of pyridine rings is 1. The van der Waals surface area contributed by atoms with Crippen molar-refractivity contribution in [2.45, 2.75) is 50.5 Å². The van der Waals surface area contributed by atoms with Crippen LogP contribution in [0.5, 0.6) is 0 Å². The lowest BCUT2D eigenvalue weighted by Crippen LogP contribution is -2.36. The number of aliphatic hydroxyl groups excluding tert-OH is 1. The predicted molar refractivity (Wildman–Crippen MR) is 73.2 cm³/mol. The highest BCUT2D eigenvalue weighted by molar-refractivity contribution is 5.33. The van der Waals surface area contributed by atoms with Gasteiger partial charge in [0.2, 0.25) is 5.89 Å². The molecule has 2 aromatic heterocycles. The van der Waals surface area contributed by atoms with Crippen molar-refractivity contribution in [1.82, 2.24) is 15.1 Å². The number of aliphatic hydroxyl groups is 1. The number of hydrogen-bond donors (Lipinski definition) is 1. The van der Waals surface area contributed by atoms with Crippen LogP contribution in [0.25, 0.3) is 0 Å². The van der Waals surface area contributed by atoms with Crippen molar-refractivity contribution in [2.75, 3.05) is 0 Å². The van der Waals surface area contributed by atoms with Gasteiger partial charge < -0.3 is 9.63 Å². The second-order valence-corrected chi connectivity index (χ2v) is 5.45. The smallest absolute Gasteiger partial charge is 0.229 e. The molecule has 5 heteroatoms. The van der Waals surface area contributed by atoms with E-state index in [9.17, 15) is 5.11 Å². The molecule has 0 spiro atoms. The maximum absolute atomic E-state index is 9.68. The lowest BCUT2D eigenvalue weighted by molar-refractivity contribution is 0.158. The first-order valence-corrected chi connectivity index (χ1v) is 7.16. The van der Waals surface area contributed by atoms with Gasteiger partial charge in [-0.1, -0.05) is 18.5 Å². The van der Waals surface area contributed by atoms with Crippen LogP contribution in [0, 0.1) is 0 Å². The first kappa shape index (κ1) is 13.2. The van der Waals surface area contributed by atoms with Crippen molar-refractivity contribution in [3.05, 3.63) is 41.8 Å². The molecule has 0 aliphatic heterocycles. The van der Waals surface area contributed by atoms with Crippen molar-refractivity contribution < 1.29 is 9.63 Å². The molecule has 1 saturated carbocycles. The first-order chi connectivity index (χ1) is 9.74. The van der Waals surface area contributed by atoms with Crippen LogP contribution in [0.2, 0.25) is 0 Å². The summed E-state index contributed by atoms with van der Waals surface area (Å²) in [5.74, 6) is 1.27. The molecule has 2 heterocycles. The van der Waals surface area contributed by atoms with E-state index in [2.05, 4.69) is 15.1 Å². The summed E-state index contributed by atoms with van der Waals surface area (Å²) in [7, 11) is 0. The summed E-state index contributed by atoms with van der Waals surface area (Å²) in [6.07, 6.45) is 7.54. The average Bonchev–Trinajstić information content (AvgIpc) is 2.87. The van der Waals surface area contributed by atoms with Crippen LogP contribution in [0.1, 0.15) is 49.9 Å². The minimum Gasteiger partial charge on any atom is -0.393 e. The Morgan fingerprint density at radius 1 is 1.35 bits per heavy atom. The minimum atomic E-state index is -0.415. The van der Waals surface area contributed by atoms with Crippen LogP contribution in [0.15, 0.2) is 29.0 Å². The molecule has 0 aromatic carbocycles. The van der Waals surface area contributed by atoms with Gasteiger partial charge in [-0.05, 0) is 37.0 Å². The summed E-state index contributed by atoms with van der Waals surface area (Å²) in [6, 6.07) is 4.05. The third kappa shape index (κ3) is 2.22. The highest BCUT2D eigenvalue weighted by Gasteiger charge is 2.44. The second-order valence-electron chi connectivity index (χ2n) is 5.45. The molecule has 0 amide bonds. The van der Waals surface area contributed by atoms with Crippen LogP contribution in [-0.2, 0) is 11.8 Å². The third-order valence-corrected chi connectivity index (χ3v) is 4.22. The summed E-state index contributed by atoms with van der Waals surface area (Å²) >= 11 is 0. The molecule has 1 fully saturated rings. The maximum atomic E-state index is 9.68. The van der Waals surface area contributed by atoms with Gasteiger partial charge in [0.25, 0.3) is 0 Å². The molecule has 5 nitrogen and oxygen atoms in total. The Balaban J connectivity index is 1.87. The summed E-state index contributed by atoms with van der Waals surface area (Å²) < 4.78 is 5.30. The van der Waals surface area contributed by atoms with Crippen LogP contribution in [0.3, 0.4) is 0 Å². The van der Waals surface area contributed by atoms with Crippen molar-refractivity contribution in [1.29, 1.82) is 0 Å². The third-order valence-electron chi connectivity index (χ3n) is 4.22. The van der Waals surface area contributed by atoms with Gasteiger partial charge in [0.15, 0.2) is 5.82 Å². The molecule has 0 radical (unpaired) electrons. The molecule has 0 saturated heterocycles. The Morgan fingerprint density at radius 3 is 2.70 bits per heavy atom. The van der Waals surface area contributed by atoms with Gasteiger partial charge in [-0.15, -0.1) is 0 Å². The lowest BCUT2D eigenvalue weighted by atomic mass is 9.64. The fraction of sp³-hybridized carbons (Fsp3) is 0.533. The number of aromatic nitrogens is 3. The monoisotopic (exact) mass is 273 g/mol. The first-order valence-electron chi connectivity index (χ1n) is 7.16. The van der Waals surface area contributed by atoms with E-state index in [1.165, 1.54) is 12.0 Å². The van der Waals surface area contributed by atoms with E-state index in [0.717, 1.165) is 18.7 Å². The van der Waals surface area contributed by atoms with Crippen LogP contribution < -0.4 is 0 Å². The largest absolute Gasteiger partial charge is 0.393 e. The van der Waals surface area contributed by atoms with Crippen LogP contribution in [0.4, 0.5) is 0 Å². The predicted octanol–water partition coefficient (Wildman–Crippen LogP) is 2.25. The van der Waals surface area contributed by atoms with Gasteiger partial charge >= 0.3 is 0 Å². The van der Waals surface area contributed by atoms with E-state index in [4.69, 9.17) is 4.52 Å². The molecule has 1 atom stereocenters. The SMILES string of the molecule is CCC(O)Cc1nc(C2(c3ccncc3)CCC2)no1. The molecule has 0 bridgehead atoms. The quantitative estimate of drug-likeness (QED) is 0.904. The Bertz CT molecular complexity index is 564. The molecule has 106 valence electrons. The number of rotatable bonds is 5. The van der Waals surface area contributed by atoms with Crippen molar-refractivity contribution in [2.24, 2.45) is 0 Å². The van der Waals surface area contributed by atoms with E-state index in [1.807, 2.05) is 19.1 Å². The van der Waals surface area contributed by atoms with Gasteiger partial charge in [0.1, 0.15) is 0 Å². The number of nitrogens with zero attached hydrogens (tertiary/aromatic N) is 3. The molecular formula is C15H19N3O2.